The largest absolute Gasteiger partial charge is 0.462 e. The van der Waals surface area contributed by atoms with Crippen LogP contribution < -0.4 is 4.90 Å². The number of anilines is 1. The predicted molar refractivity (Wildman–Crippen MR) is 182 cm³/mol. The monoisotopic (exact) mass is 624 g/mol. The molecular weight excluding hydrogens is 577 g/mol. The highest BCUT2D eigenvalue weighted by atomic mass is 32.2. The molecule has 2 saturated heterocycles. The summed E-state index contributed by atoms with van der Waals surface area (Å²) in [5.41, 5.74) is 5.44. The molecule has 0 bridgehead atoms. The second kappa shape index (κ2) is 13.1. The Labute approximate surface area is 273 Å². The van der Waals surface area contributed by atoms with Crippen LogP contribution in [0.3, 0.4) is 0 Å². The molecule has 6 nitrogen and oxygen atoms in total. The van der Waals surface area contributed by atoms with Gasteiger partial charge in [-0.25, -0.2) is 0 Å². The molecule has 1 saturated carbocycles. The van der Waals surface area contributed by atoms with E-state index in [-0.39, 0.29) is 17.5 Å². The molecule has 1 aliphatic carbocycles. The van der Waals surface area contributed by atoms with Gasteiger partial charge in [-0.05, 0) is 113 Å². The third kappa shape index (κ3) is 6.41. The highest BCUT2D eigenvalue weighted by molar-refractivity contribution is 7.99. The first-order valence-corrected chi connectivity index (χ1v) is 17.8. The molecule has 238 valence electrons. The molecule has 3 fully saturated rings. The van der Waals surface area contributed by atoms with Gasteiger partial charge in [0.05, 0.1) is 0 Å². The topological polar surface area (TPSA) is 48.9 Å². The number of benzene rings is 2. The van der Waals surface area contributed by atoms with Gasteiger partial charge in [0, 0.05) is 84.3 Å². The van der Waals surface area contributed by atoms with Crippen molar-refractivity contribution < 1.29 is 9.53 Å². The van der Waals surface area contributed by atoms with Crippen LogP contribution in [0, 0.1) is 24.7 Å². The number of carbonyl (C=O) groups is 1. The van der Waals surface area contributed by atoms with Crippen LogP contribution >= 0.6 is 11.8 Å². The molecule has 0 spiro atoms. The maximum atomic E-state index is 12.2. The van der Waals surface area contributed by atoms with Gasteiger partial charge in [-0.1, -0.05) is 36.0 Å². The van der Waals surface area contributed by atoms with E-state index >= 15 is 0 Å². The van der Waals surface area contributed by atoms with Crippen molar-refractivity contribution >= 4 is 23.4 Å². The number of piperidine rings is 1. The average Bonchev–Trinajstić information content (AvgIpc) is 3.47. The van der Waals surface area contributed by atoms with Gasteiger partial charge in [0.15, 0.2) is 0 Å². The number of pyridine rings is 1. The molecule has 3 aromatic rings. The fraction of sp³-hybridized carbons (Fsp3) is 0.526. The van der Waals surface area contributed by atoms with Crippen molar-refractivity contribution in [2.45, 2.75) is 73.8 Å². The van der Waals surface area contributed by atoms with Gasteiger partial charge in [0.2, 0.25) is 0 Å². The highest BCUT2D eigenvalue weighted by Crippen LogP contribution is 2.54. The van der Waals surface area contributed by atoms with Crippen LogP contribution in [0.25, 0.3) is 0 Å². The van der Waals surface area contributed by atoms with Gasteiger partial charge in [0.25, 0.3) is 0 Å². The van der Waals surface area contributed by atoms with Crippen LogP contribution in [0.4, 0.5) is 5.69 Å². The lowest BCUT2D eigenvalue weighted by Gasteiger charge is -2.54. The Bertz CT molecular complexity index is 1480. The van der Waals surface area contributed by atoms with E-state index in [2.05, 4.69) is 87.4 Å². The number of hydrogen-bond donors (Lipinski definition) is 0. The zero-order valence-corrected chi connectivity index (χ0v) is 28.0. The lowest BCUT2D eigenvalue weighted by atomic mass is 9.56. The number of nitrogens with zero attached hydrogens (tertiary/aromatic N) is 4. The molecule has 4 heterocycles. The molecule has 2 unspecified atom stereocenters. The van der Waals surface area contributed by atoms with Gasteiger partial charge in [-0.2, -0.15) is 0 Å². The van der Waals surface area contributed by atoms with Crippen LogP contribution in [-0.4, -0.2) is 73.2 Å². The van der Waals surface area contributed by atoms with Crippen molar-refractivity contribution in [3.63, 3.8) is 0 Å². The van der Waals surface area contributed by atoms with E-state index < -0.39 is 0 Å². The summed E-state index contributed by atoms with van der Waals surface area (Å²) in [7, 11) is 2.28. The molecule has 3 aliphatic heterocycles. The molecule has 2 aromatic carbocycles. The molecule has 1 aromatic heterocycles. The molecule has 0 radical (unpaired) electrons. The van der Waals surface area contributed by atoms with Crippen molar-refractivity contribution in [1.82, 2.24) is 14.8 Å². The number of ether oxygens (including phenoxy) is 1. The van der Waals surface area contributed by atoms with Gasteiger partial charge >= 0.3 is 5.97 Å². The number of fused-ring (bicyclic) bond motifs is 1. The minimum Gasteiger partial charge on any atom is -0.462 e. The number of esters is 1. The van der Waals surface area contributed by atoms with Crippen LogP contribution in [0.2, 0.25) is 0 Å². The Morgan fingerprint density at radius 3 is 2.53 bits per heavy atom. The third-order valence-corrected chi connectivity index (χ3v) is 12.0. The van der Waals surface area contributed by atoms with E-state index in [0.29, 0.717) is 11.8 Å². The van der Waals surface area contributed by atoms with E-state index in [4.69, 9.17) is 4.74 Å². The van der Waals surface area contributed by atoms with Crippen LogP contribution in [-0.2, 0) is 21.5 Å². The van der Waals surface area contributed by atoms with Crippen LogP contribution in [0.15, 0.2) is 76.7 Å². The standard InChI is InChI=1S/C38H48N4O2S/c1-27-21-34(15-18-39-27)45-33-13-11-32(12-14-33)42-23-29(24-42)22-41-19-16-31(17-20-41)38(36-9-6-10-37(36)44-28(2)43)26-40(3)25-30-7-4-5-8-35(30)38/h4-5,7-8,11-15,18,21,29,31,36-37H,6,9-10,16-17,19-20,22-26H2,1-3H3/t36?,37-,38?/m0/s1. The summed E-state index contributed by atoms with van der Waals surface area (Å²) in [5.74, 6) is 1.59. The lowest BCUT2D eigenvalue weighted by molar-refractivity contribution is -0.150. The summed E-state index contributed by atoms with van der Waals surface area (Å²) >= 11 is 1.80. The Hall–Kier alpha value is -2.87. The summed E-state index contributed by atoms with van der Waals surface area (Å²) < 4.78 is 6.05. The molecule has 7 rings (SSSR count). The Kier molecular flexibility index (Phi) is 8.95. The van der Waals surface area contributed by atoms with E-state index in [0.717, 1.165) is 57.1 Å². The highest BCUT2D eigenvalue weighted by Gasteiger charge is 2.54. The van der Waals surface area contributed by atoms with Gasteiger partial charge < -0.3 is 19.4 Å². The van der Waals surface area contributed by atoms with Gasteiger partial charge in [0.1, 0.15) is 6.10 Å². The smallest absolute Gasteiger partial charge is 0.302 e. The molecular formula is C38H48N4O2S. The number of likely N-dealkylation sites (tertiary alicyclic amines) is 1. The maximum Gasteiger partial charge on any atom is 0.302 e. The summed E-state index contributed by atoms with van der Waals surface area (Å²) in [4.78, 5) is 26.8. The van der Waals surface area contributed by atoms with Crippen molar-refractivity contribution in [2.24, 2.45) is 17.8 Å². The van der Waals surface area contributed by atoms with E-state index in [9.17, 15) is 4.79 Å². The van der Waals surface area contributed by atoms with Crippen molar-refractivity contribution in [2.75, 3.05) is 51.2 Å². The normalized spacial score (nSPS) is 26.4. The minimum absolute atomic E-state index is 0.0357. The number of likely N-dealkylation sites (N-methyl/N-ethyl adjacent to an activating group) is 1. The lowest BCUT2D eigenvalue weighted by Crippen LogP contribution is -2.58. The number of hydrogen-bond acceptors (Lipinski definition) is 7. The van der Waals surface area contributed by atoms with Gasteiger partial charge in [-0.3, -0.25) is 9.78 Å². The molecule has 0 N–H and O–H groups in total. The van der Waals surface area contributed by atoms with Crippen molar-refractivity contribution in [3.8, 4) is 0 Å². The number of carbonyl (C=O) groups excluding carboxylic acids is 1. The summed E-state index contributed by atoms with van der Waals surface area (Å²) in [6, 6.07) is 22.5. The Balaban J connectivity index is 0.977. The number of rotatable bonds is 8. The Morgan fingerprint density at radius 1 is 1.00 bits per heavy atom. The van der Waals surface area contributed by atoms with Gasteiger partial charge in [-0.15, -0.1) is 0 Å². The molecule has 7 heteroatoms. The summed E-state index contributed by atoms with van der Waals surface area (Å²) in [6.45, 7) is 11.5. The zero-order chi connectivity index (χ0) is 31.0. The first-order valence-electron chi connectivity index (χ1n) is 17.0. The predicted octanol–water partition coefficient (Wildman–Crippen LogP) is 6.80. The van der Waals surface area contributed by atoms with Crippen LogP contribution in [0.5, 0.6) is 0 Å². The van der Waals surface area contributed by atoms with E-state index in [1.165, 1.54) is 53.5 Å². The maximum absolute atomic E-state index is 12.2. The summed E-state index contributed by atoms with van der Waals surface area (Å²) in [6.07, 6.45) is 7.67. The van der Waals surface area contributed by atoms with Crippen LogP contribution in [0.1, 0.15) is 55.8 Å². The molecule has 0 amide bonds. The Morgan fingerprint density at radius 2 is 1.78 bits per heavy atom. The fourth-order valence-corrected chi connectivity index (χ4v) is 10.1. The van der Waals surface area contributed by atoms with E-state index in [1.54, 1.807) is 24.2 Å². The molecule has 45 heavy (non-hydrogen) atoms. The first kappa shape index (κ1) is 30.8. The van der Waals surface area contributed by atoms with Crippen molar-refractivity contribution in [1.29, 1.82) is 0 Å². The molecule has 4 aliphatic rings. The number of aromatic nitrogens is 1. The second-order valence-corrected chi connectivity index (χ2v) is 15.3. The third-order valence-electron chi connectivity index (χ3n) is 11.0. The zero-order valence-electron chi connectivity index (χ0n) is 27.2. The fourth-order valence-electron chi connectivity index (χ4n) is 9.17. The molecule has 3 atom stereocenters. The van der Waals surface area contributed by atoms with E-state index in [1.807, 2.05) is 13.1 Å². The summed E-state index contributed by atoms with van der Waals surface area (Å²) in [5, 5.41) is 0. The minimum atomic E-state index is -0.126. The second-order valence-electron chi connectivity index (χ2n) is 14.1. The quantitative estimate of drug-likeness (QED) is 0.256. The first-order chi connectivity index (χ1) is 21.9. The van der Waals surface area contributed by atoms with Crippen molar-refractivity contribution in [3.05, 3.63) is 83.7 Å². The number of aryl methyl sites for hydroxylation is 1. The average molecular weight is 625 g/mol. The SMILES string of the molecule is CC(=O)O[C@H]1CCCC1C1(C2CCN(CC3CN(c4ccc(Sc5ccnc(C)c5)cc4)C3)CC2)CN(C)Cc2ccccc21.